The highest BCUT2D eigenvalue weighted by molar-refractivity contribution is 5.73. The number of rotatable bonds is 7. The fourth-order valence-corrected chi connectivity index (χ4v) is 1.61. The van der Waals surface area contributed by atoms with E-state index >= 15 is 0 Å². The maximum atomic E-state index is 11.4. The summed E-state index contributed by atoms with van der Waals surface area (Å²) in [5, 5.41) is 14.1. The lowest BCUT2D eigenvalue weighted by Crippen LogP contribution is -2.39. The van der Waals surface area contributed by atoms with E-state index in [1.165, 1.54) is 0 Å². The van der Waals surface area contributed by atoms with Crippen molar-refractivity contribution in [2.45, 2.75) is 26.8 Å². The Morgan fingerprint density at radius 3 is 2.94 bits per heavy atom. The van der Waals surface area contributed by atoms with Gasteiger partial charge < -0.3 is 20.3 Å². The van der Waals surface area contributed by atoms with Crippen molar-refractivity contribution in [3.63, 3.8) is 0 Å². The second-order valence-electron chi connectivity index (χ2n) is 4.45. The second kappa shape index (κ2) is 7.71. The minimum Gasteiger partial charge on any atom is -0.396 e. The molecule has 1 aromatic rings. The molecule has 6 heteroatoms. The van der Waals surface area contributed by atoms with Gasteiger partial charge in [0.25, 0.3) is 0 Å². The summed E-state index contributed by atoms with van der Waals surface area (Å²) in [5.41, 5.74) is 0. The Kier molecular flexibility index (Phi) is 6.21. The van der Waals surface area contributed by atoms with Crippen molar-refractivity contribution in [3.05, 3.63) is 18.2 Å². The number of aryl methyl sites for hydroxylation is 1. The monoisotopic (exact) mass is 254 g/mol. The molecule has 1 unspecified atom stereocenters. The van der Waals surface area contributed by atoms with Gasteiger partial charge in [0.1, 0.15) is 5.82 Å². The summed E-state index contributed by atoms with van der Waals surface area (Å²) in [6.45, 7) is 6.08. The standard InChI is InChI=1S/C12H22N4O2/c1-10(9-16-6-5-13-11(16)2)8-15-12(18)14-4-3-7-17/h5-6,10,17H,3-4,7-9H2,1-2H3,(H2,14,15,18). The molecule has 3 N–H and O–H groups in total. The summed E-state index contributed by atoms with van der Waals surface area (Å²) in [6, 6.07) is -0.183. The third-order valence-corrected chi connectivity index (χ3v) is 2.66. The predicted octanol–water partition coefficient (Wildman–Crippen LogP) is 0.509. The smallest absolute Gasteiger partial charge is 0.314 e. The van der Waals surface area contributed by atoms with E-state index in [4.69, 9.17) is 5.11 Å². The Bertz CT molecular complexity index is 365. The molecule has 0 radical (unpaired) electrons. The predicted molar refractivity (Wildman–Crippen MR) is 69.2 cm³/mol. The van der Waals surface area contributed by atoms with Crippen molar-refractivity contribution < 1.29 is 9.90 Å². The molecule has 0 aromatic carbocycles. The molecule has 102 valence electrons. The van der Waals surface area contributed by atoms with Crippen LogP contribution < -0.4 is 10.6 Å². The van der Waals surface area contributed by atoms with E-state index in [2.05, 4.69) is 27.1 Å². The third kappa shape index (κ3) is 5.18. The molecule has 0 fully saturated rings. The quantitative estimate of drug-likeness (QED) is 0.620. The van der Waals surface area contributed by atoms with E-state index in [0.717, 1.165) is 12.4 Å². The Morgan fingerprint density at radius 2 is 2.33 bits per heavy atom. The zero-order valence-electron chi connectivity index (χ0n) is 11.0. The topological polar surface area (TPSA) is 79.2 Å². The first-order valence-electron chi connectivity index (χ1n) is 6.23. The molecular weight excluding hydrogens is 232 g/mol. The largest absolute Gasteiger partial charge is 0.396 e. The number of imidazole rings is 1. The number of amides is 2. The van der Waals surface area contributed by atoms with Crippen molar-refractivity contribution in [2.24, 2.45) is 5.92 Å². The number of hydrogen-bond acceptors (Lipinski definition) is 3. The SMILES string of the molecule is Cc1nccn1CC(C)CNC(=O)NCCCO. The number of aromatic nitrogens is 2. The molecular formula is C12H22N4O2. The van der Waals surface area contributed by atoms with Crippen LogP contribution in [0.5, 0.6) is 0 Å². The van der Waals surface area contributed by atoms with Crippen molar-refractivity contribution >= 4 is 6.03 Å². The Balaban J connectivity index is 2.19. The van der Waals surface area contributed by atoms with Crippen molar-refractivity contribution in [1.29, 1.82) is 0 Å². The number of aliphatic hydroxyl groups excluding tert-OH is 1. The van der Waals surface area contributed by atoms with Crippen LogP contribution in [0.1, 0.15) is 19.2 Å². The highest BCUT2D eigenvalue weighted by Gasteiger charge is 2.07. The van der Waals surface area contributed by atoms with Crippen molar-refractivity contribution in [2.75, 3.05) is 19.7 Å². The fraction of sp³-hybridized carbons (Fsp3) is 0.667. The first kappa shape index (κ1) is 14.5. The van der Waals surface area contributed by atoms with Gasteiger partial charge in [-0.2, -0.15) is 0 Å². The van der Waals surface area contributed by atoms with Gasteiger partial charge in [-0.15, -0.1) is 0 Å². The maximum absolute atomic E-state index is 11.4. The number of urea groups is 1. The number of nitrogens with zero attached hydrogens (tertiary/aromatic N) is 2. The van der Waals surface area contributed by atoms with Crippen LogP contribution >= 0.6 is 0 Å². The normalized spacial score (nSPS) is 12.2. The van der Waals surface area contributed by atoms with E-state index in [0.29, 0.717) is 25.4 Å². The lowest BCUT2D eigenvalue weighted by molar-refractivity contribution is 0.236. The molecule has 0 aliphatic heterocycles. The van der Waals surface area contributed by atoms with E-state index in [-0.39, 0.29) is 12.6 Å². The molecule has 18 heavy (non-hydrogen) atoms. The number of carbonyl (C=O) groups is 1. The lowest BCUT2D eigenvalue weighted by atomic mass is 10.2. The van der Waals surface area contributed by atoms with E-state index < -0.39 is 0 Å². The molecule has 1 atom stereocenters. The summed E-state index contributed by atoms with van der Waals surface area (Å²) in [6.07, 6.45) is 4.29. The van der Waals surface area contributed by atoms with Crippen LogP contribution in [-0.2, 0) is 6.54 Å². The van der Waals surface area contributed by atoms with E-state index in [1.807, 2.05) is 13.1 Å². The van der Waals surface area contributed by atoms with Gasteiger partial charge in [-0.25, -0.2) is 9.78 Å². The van der Waals surface area contributed by atoms with Crippen LogP contribution in [0.4, 0.5) is 4.79 Å². The first-order chi connectivity index (χ1) is 8.63. The molecule has 1 aromatic heterocycles. The van der Waals surface area contributed by atoms with Crippen LogP contribution in [0.2, 0.25) is 0 Å². The molecule has 0 bridgehead atoms. The third-order valence-electron chi connectivity index (χ3n) is 2.66. The molecule has 6 nitrogen and oxygen atoms in total. The number of carbonyl (C=O) groups excluding carboxylic acids is 1. The van der Waals surface area contributed by atoms with Gasteiger partial charge in [0.15, 0.2) is 0 Å². The van der Waals surface area contributed by atoms with Gasteiger partial charge >= 0.3 is 6.03 Å². The van der Waals surface area contributed by atoms with Gasteiger partial charge in [0, 0.05) is 38.6 Å². The van der Waals surface area contributed by atoms with Crippen LogP contribution in [0.3, 0.4) is 0 Å². The van der Waals surface area contributed by atoms with Gasteiger partial charge in [-0.3, -0.25) is 0 Å². The van der Waals surface area contributed by atoms with Gasteiger partial charge in [0.05, 0.1) is 0 Å². The molecule has 0 saturated carbocycles. The van der Waals surface area contributed by atoms with Gasteiger partial charge in [-0.1, -0.05) is 6.92 Å². The minimum absolute atomic E-state index is 0.0938. The molecule has 0 aliphatic rings. The molecule has 1 heterocycles. The molecule has 1 rings (SSSR count). The van der Waals surface area contributed by atoms with Crippen LogP contribution in [0.25, 0.3) is 0 Å². The van der Waals surface area contributed by atoms with Crippen molar-refractivity contribution in [3.8, 4) is 0 Å². The van der Waals surface area contributed by atoms with Crippen LogP contribution in [0, 0.1) is 12.8 Å². The van der Waals surface area contributed by atoms with Crippen LogP contribution in [-0.4, -0.2) is 40.4 Å². The number of nitrogens with one attached hydrogen (secondary N) is 2. The summed E-state index contributed by atoms with van der Waals surface area (Å²) < 4.78 is 2.07. The maximum Gasteiger partial charge on any atom is 0.314 e. The summed E-state index contributed by atoms with van der Waals surface area (Å²) in [4.78, 5) is 15.5. The summed E-state index contributed by atoms with van der Waals surface area (Å²) in [5.74, 6) is 1.32. The average Bonchev–Trinajstić information content (AvgIpc) is 2.73. The van der Waals surface area contributed by atoms with Crippen molar-refractivity contribution in [1.82, 2.24) is 20.2 Å². The van der Waals surface area contributed by atoms with Gasteiger partial charge in [-0.05, 0) is 19.3 Å². The number of hydrogen-bond donors (Lipinski definition) is 3. The summed E-state index contributed by atoms with van der Waals surface area (Å²) in [7, 11) is 0. The van der Waals surface area contributed by atoms with E-state index in [9.17, 15) is 4.79 Å². The zero-order chi connectivity index (χ0) is 13.4. The molecule has 0 spiro atoms. The Hall–Kier alpha value is -1.56. The lowest BCUT2D eigenvalue weighted by Gasteiger charge is -2.14. The Labute approximate surface area is 107 Å². The second-order valence-corrected chi connectivity index (χ2v) is 4.45. The summed E-state index contributed by atoms with van der Waals surface area (Å²) >= 11 is 0. The molecule has 2 amide bonds. The van der Waals surface area contributed by atoms with E-state index in [1.54, 1.807) is 6.20 Å². The fourth-order valence-electron chi connectivity index (χ4n) is 1.61. The molecule has 0 aliphatic carbocycles. The molecule has 0 saturated heterocycles. The highest BCUT2D eigenvalue weighted by atomic mass is 16.3. The minimum atomic E-state index is -0.183. The highest BCUT2D eigenvalue weighted by Crippen LogP contribution is 2.02. The van der Waals surface area contributed by atoms with Crippen LogP contribution in [0.15, 0.2) is 12.4 Å². The number of aliphatic hydroxyl groups is 1. The average molecular weight is 254 g/mol. The zero-order valence-corrected chi connectivity index (χ0v) is 11.0. The first-order valence-corrected chi connectivity index (χ1v) is 6.23. The Morgan fingerprint density at radius 1 is 1.56 bits per heavy atom. The van der Waals surface area contributed by atoms with Gasteiger partial charge in [0.2, 0.25) is 0 Å².